The highest BCUT2D eigenvalue weighted by atomic mass is 32.2. The fourth-order valence-electron chi connectivity index (χ4n) is 3.35. The molecule has 1 saturated heterocycles. The number of hydrogen-bond donors (Lipinski definition) is 1. The SMILES string of the molecule is CC1CCC(N(C)S(=O)(=O)N2CCC(CN)CC2)CC1. The van der Waals surface area contributed by atoms with Gasteiger partial charge in [0.2, 0.25) is 0 Å². The summed E-state index contributed by atoms with van der Waals surface area (Å²) in [7, 11) is -1.53. The summed E-state index contributed by atoms with van der Waals surface area (Å²) >= 11 is 0. The minimum absolute atomic E-state index is 0.184. The van der Waals surface area contributed by atoms with Gasteiger partial charge in [0.25, 0.3) is 10.2 Å². The molecule has 2 rings (SSSR count). The molecule has 1 aliphatic heterocycles. The van der Waals surface area contributed by atoms with E-state index >= 15 is 0 Å². The van der Waals surface area contributed by atoms with Crippen LogP contribution in [0.3, 0.4) is 0 Å². The number of piperidine rings is 1. The third-order valence-corrected chi connectivity index (χ3v) is 7.14. The normalized spacial score (nSPS) is 30.8. The van der Waals surface area contributed by atoms with Crippen LogP contribution in [0.15, 0.2) is 0 Å². The highest BCUT2D eigenvalue weighted by molar-refractivity contribution is 7.86. The number of nitrogens with two attached hydrogens (primary N) is 1. The molecule has 2 fully saturated rings. The van der Waals surface area contributed by atoms with E-state index in [1.165, 1.54) is 0 Å². The Morgan fingerprint density at radius 3 is 2.15 bits per heavy atom. The third kappa shape index (κ3) is 3.53. The van der Waals surface area contributed by atoms with Crippen molar-refractivity contribution in [2.45, 2.75) is 51.5 Å². The van der Waals surface area contributed by atoms with E-state index in [0.29, 0.717) is 25.6 Å². The summed E-state index contributed by atoms with van der Waals surface area (Å²) in [6, 6.07) is 0.184. The molecule has 0 amide bonds. The Balaban J connectivity index is 1.95. The second kappa shape index (κ2) is 6.73. The van der Waals surface area contributed by atoms with E-state index in [1.54, 1.807) is 15.7 Å². The van der Waals surface area contributed by atoms with E-state index in [0.717, 1.165) is 44.4 Å². The van der Waals surface area contributed by atoms with Crippen LogP contribution in [0.25, 0.3) is 0 Å². The molecule has 5 nitrogen and oxygen atoms in total. The monoisotopic (exact) mass is 303 g/mol. The minimum Gasteiger partial charge on any atom is -0.330 e. The van der Waals surface area contributed by atoms with Crippen molar-refractivity contribution in [2.75, 3.05) is 26.7 Å². The molecule has 118 valence electrons. The quantitative estimate of drug-likeness (QED) is 0.854. The highest BCUT2D eigenvalue weighted by Crippen LogP contribution is 2.29. The molecule has 0 bridgehead atoms. The van der Waals surface area contributed by atoms with Gasteiger partial charge >= 0.3 is 0 Å². The van der Waals surface area contributed by atoms with Gasteiger partial charge in [-0.2, -0.15) is 17.0 Å². The zero-order valence-corrected chi connectivity index (χ0v) is 13.6. The van der Waals surface area contributed by atoms with E-state index in [4.69, 9.17) is 5.73 Å². The van der Waals surface area contributed by atoms with Crippen LogP contribution in [0.5, 0.6) is 0 Å². The molecule has 6 heteroatoms. The van der Waals surface area contributed by atoms with E-state index < -0.39 is 10.2 Å². The van der Waals surface area contributed by atoms with Gasteiger partial charge in [-0.3, -0.25) is 0 Å². The fraction of sp³-hybridized carbons (Fsp3) is 1.00. The molecular formula is C14H29N3O2S. The van der Waals surface area contributed by atoms with Crippen LogP contribution in [0.4, 0.5) is 0 Å². The van der Waals surface area contributed by atoms with Crippen LogP contribution in [0.2, 0.25) is 0 Å². The maximum absolute atomic E-state index is 12.7. The molecule has 1 aliphatic carbocycles. The summed E-state index contributed by atoms with van der Waals surface area (Å²) in [5.74, 6) is 1.23. The summed E-state index contributed by atoms with van der Waals surface area (Å²) in [5, 5.41) is 0. The molecule has 20 heavy (non-hydrogen) atoms. The predicted octanol–water partition coefficient (Wildman–Crippen LogP) is 1.41. The van der Waals surface area contributed by atoms with Crippen molar-refractivity contribution >= 4 is 10.2 Å². The Kier molecular flexibility index (Phi) is 5.45. The fourth-order valence-corrected chi connectivity index (χ4v) is 4.98. The molecule has 0 aromatic heterocycles. The first-order valence-corrected chi connectivity index (χ1v) is 9.28. The van der Waals surface area contributed by atoms with Crippen molar-refractivity contribution in [2.24, 2.45) is 17.6 Å². The largest absolute Gasteiger partial charge is 0.330 e. The van der Waals surface area contributed by atoms with E-state index in [2.05, 4.69) is 6.92 Å². The van der Waals surface area contributed by atoms with Crippen LogP contribution in [0.1, 0.15) is 45.4 Å². The third-order valence-electron chi connectivity index (χ3n) is 5.10. The van der Waals surface area contributed by atoms with Crippen LogP contribution in [-0.2, 0) is 10.2 Å². The molecule has 0 atom stereocenters. The topological polar surface area (TPSA) is 66.6 Å². The summed E-state index contributed by atoms with van der Waals surface area (Å²) < 4.78 is 28.6. The Bertz CT molecular complexity index is 397. The first kappa shape index (κ1) is 16.2. The molecule has 1 saturated carbocycles. The second-order valence-electron chi connectivity index (χ2n) is 6.52. The van der Waals surface area contributed by atoms with Gasteiger partial charge in [0.05, 0.1) is 0 Å². The maximum atomic E-state index is 12.7. The van der Waals surface area contributed by atoms with Crippen molar-refractivity contribution in [3.05, 3.63) is 0 Å². The van der Waals surface area contributed by atoms with Gasteiger partial charge < -0.3 is 5.73 Å². The van der Waals surface area contributed by atoms with E-state index in [1.807, 2.05) is 0 Å². The van der Waals surface area contributed by atoms with Crippen LogP contribution in [-0.4, -0.2) is 49.8 Å². The molecule has 0 spiro atoms. The first-order chi connectivity index (χ1) is 9.45. The van der Waals surface area contributed by atoms with Crippen LogP contribution < -0.4 is 5.73 Å². The number of nitrogens with zero attached hydrogens (tertiary/aromatic N) is 2. The molecular weight excluding hydrogens is 274 g/mol. The van der Waals surface area contributed by atoms with Crippen LogP contribution in [0, 0.1) is 11.8 Å². The molecule has 0 radical (unpaired) electrons. The molecule has 0 unspecified atom stereocenters. The lowest BCUT2D eigenvalue weighted by Gasteiger charge is -2.38. The van der Waals surface area contributed by atoms with Gasteiger partial charge in [-0.15, -0.1) is 0 Å². The van der Waals surface area contributed by atoms with E-state index in [9.17, 15) is 8.42 Å². The summed E-state index contributed by atoms with van der Waals surface area (Å²) in [4.78, 5) is 0. The Morgan fingerprint density at radius 1 is 1.10 bits per heavy atom. The lowest BCUT2D eigenvalue weighted by Crippen LogP contribution is -2.50. The second-order valence-corrected chi connectivity index (χ2v) is 8.50. The Labute approximate surface area is 123 Å². The molecule has 0 aromatic rings. The zero-order valence-electron chi connectivity index (χ0n) is 12.8. The zero-order chi connectivity index (χ0) is 14.8. The van der Waals surface area contributed by atoms with Crippen molar-refractivity contribution in [1.82, 2.24) is 8.61 Å². The maximum Gasteiger partial charge on any atom is 0.281 e. The van der Waals surface area contributed by atoms with Crippen molar-refractivity contribution in [1.29, 1.82) is 0 Å². The van der Waals surface area contributed by atoms with Crippen LogP contribution >= 0.6 is 0 Å². The van der Waals surface area contributed by atoms with E-state index in [-0.39, 0.29) is 6.04 Å². The Morgan fingerprint density at radius 2 is 1.65 bits per heavy atom. The average Bonchev–Trinajstić information content (AvgIpc) is 2.47. The molecule has 2 N–H and O–H groups in total. The lowest BCUT2D eigenvalue weighted by molar-refractivity contribution is 0.216. The molecule has 2 aliphatic rings. The van der Waals surface area contributed by atoms with Crippen molar-refractivity contribution in [3.8, 4) is 0 Å². The highest BCUT2D eigenvalue weighted by Gasteiger charge is 2.35. The summed E-state index contributed by atoms with van der Waals surface area (Å²) in [6.45, 7) is 4.17. The van der Waals surface area contributed by atoms with Gasteiger partial charge in [-0.25, -0.2) is 0 Å². The number of hydrogen-bond acceptors (Lipinski definition) is 3. The summed E-state index contributed by atoms with van der Waals surface area (Å²) in [6.07, 6.45) is 6.06. The van der Waals surface area contributed by atoms with Gasteiger partial charge in [0, 0.05) is 26.2 Å². The van der Waals surface area contributed by atoms with Crippen molar-refractivity contribution in [3.63, 3.8) is 0 Å². The lowest BCUT2D eigenvalue weighted by atomic mass is 9.87. The summed E-state index contributed by atoms with van der Waals surface area (Å²) in [5.41, 5.74) is 5.67. The average molecular weight is 303 g/mol. The Hall–Kier alpha value is -0.170. The standard InChI is InChI=1S/C14H29N3O2S/c1-12-3-5-14(6-4-12)16(2)20(18,19)17-9-7-13(11-15)8-10-17/h12-14H,3-11,15H2,1-2H3. The smallest absolute Gasteiger partial charge is 0.281 e. The van der Waals surface area contributed by atoms with Gasteiger partial charge in [0.1, 0.15) is 0 Å². The predicted molar refractivity (Wildman–Crippen MR) is 81.5 cm³/mol. The van der Waals surface area contributed by atoms with Crippen molar-refractivity contribution < 1.29 is 8.42 Å². The molecule has 0 aromatic carbocycles. The number of rotatable bonds is 4. The van der Waals surface area contributed by atoms with Gasteiger partial charge in [-0.1, -0.05) is 6.92 Å². The van der Waals surface area contributed by atoms with Gasteiger partial charge in [0.15, 0.2) is 0 Å². The van der Waals surface area contributed by atoms with Gasteiger partial charge in [-0.05, 0) is 56.9 Å². The molecule has 1 heterocycles. The first-order valence-electron chi connectivity index (χ1n) is 7.88. The minimum atomic E-state index is -3.28.